The van der Waals surface area contributed by atoms with Gasteiger partial charge in [0.25, 0.3) is 0 Å². The van der Waals surface area contributed by atoms with E-state index in [1.165, 1.54) is 21.9 Å². The molecule has 9 aromatic carbocycles. The van der Waals surface area contributed by atoms with Crippen molar-refractivity contribution in [3.8, 4) is 67.5 Å². The predicted molar refractivity (Wildman–Crippen MR) is 235 cm³/mol. The van der Waals surface area contributed by atoms with Crippen LogP contribution in [0.15, 0.2) is 205 Å². The lowest BCUT2D eigenvalue weighted by atomic mass is 9.94. The van der Waals surface area contributed by atoms with Crippen molar-refractivity contribution < 1.29 is 4.42 Å². The van der Waals surface area contributed by atoms with Gasteiger partial charge in [0.05, 0.1) is 0 Å². The average molecular weight is 728 g/mol. The Bertz CT molecular complexity index is 3260. The Morgan fingerprint density at radius 1 is 0.298 bits per heavy atom. The Balaban J connectivity index is 0.974. The van der Waals surface area contributed by atoms with E-state index >= 15 is 0 Å². The van der Waals surface area contributed by atoms with E-state index in [1.54, 1.807) is 0 Å². The normalized spacial score (nSPS) is 11.5. The molecule has 2 aromatic heterocycles. The Labute approximate surface area is 329 Å². The number of aromatic nitrogens is 3. The van der Waals surface area contributed by atoms with Crippen LogP contribution >= 0.6 is 0 Å². The van der Waals surface area contributed by atoms with E-state index < -0.39 is 0 Å². The van der Waals surface area contributed by atoms with Crippen LogP contribution in [0.5, 0.6) is 0 Å². The molecule has 0 spiro atoms. The van der Waals surface area contributed by atoms with Crippen LogP contribution in [0.1, 0.15) is 0 Å². The molecule has 0 saturated carbocycles. The number of benzene rings is 9. The summed E-state index contributed by atoms with van der Waals surface area (Å²) in [6.07, 6.45) is 0. The summed E-state index contributed by atoms with van der Waals surface area (Å²) in [4.78, 5) is 15.0. The maximum atomic E-state index is 6.61. The van der Waals surface area contributed by atoms with Crippen molar-refractivity contribution in [2.75, 3.05) is 0 Å². The number of rotatable bonds is 6. The van der Waals surface area contributed by atoms with Gasteiger partial charge >= 0.3 is 0 Å². The Morgan fingerprint density at radius 2 is 0.772 bits per heavy atom. The largest absolute Gasteiger partial charge is 0.455 e. The fourth-order valence-electron chi connectivity index (χ4n) is 7.98. The van der Waals surface area contributed by atoms with Crippen LogP contribution in [0.4, 0.5) is 0 Å². The van der Waals surface area contributed by atoms with E-state index in [0.29, 0.717) is 17.5 Å². The SMILES string of the molecule is c1ccc(-c2nc(-c3ccc(-c4ccc5ccccc5c4)cc3)nc(-c3ccc(-c4ccc5oc6c7ccccc7cc(-c7ccccc7)c6c5c4)cc3)n2)cc1. The molecular weight excluding hydrogens is 695 g/mol. The van der Waals surface area contributed by atoms with Gasteiger partial charge in [-0.3, -0.25) is 0 Å². The summed E-state index contributed by atoms with van der Waals surface area (Å²) in [6, 6.07) is 69.9. The third-order valence-electron chi connectivity index (χ3n) is 10.9. The highest BCUT2D eigenvalue weighted by atomic mass is 16.3. The van der Waals surface area contributed by atoms with Crippen molar-refractivity contribution in [3.05, 3.63) is 200 Å². The maximum absolute atomic E-state index is 6.61. The average Bonchev–Trinajstić information content (AvgIpc) is 3.68. The Morgan fingerprint density at radius 3 is 1.42 bits per heavy atom. The lowest BCUT2D eigenvalue weighted by Crippen LogP contribution is -2.00. The molecule has 0 aliphatic heterocycles. The van der Waals surface area contributed by atoms with Crippen LogP contribution in [-0.4, -0.2) is 15.0 Å². The number of fused-ring (bicyclic) bond motifs is 6. The molecule has 0 amide bonds. The first-order valence-electron chi connectivity index (χ1n) is 19.2. The number of hydrogen-bond donors (Lipinski definition) is 0. The zero-order valence-electron chi connectivity index (χ0n) is 30.8. The molecule has 2 heterocycles. The highest BCUT2D eigenvalue weighted by Gasteiger charge is 2.18. The molecule has 11 rings (SSSR count). The predicted octanol–water partition coefficient (Wildman–Crippen LogP) is 14.1. The van der Waals surface area contributed by atoms with Crippen LogP contribution < -0.4 is 0 Å². The molecule has 0 aliphatic carbocycles. The van der Waals surface area contributed by atoms with Gasteiger partial charge in [0.15, 0.2) is 17.5 Å². The molecule has 0 radical (unpaired) electrons. The van der Waals surface area contributed by atoms with Crippen molar-refractivity contribution in [1.82, 2.24) is 15.0 Å². The minimum Gasteiger partial charge on any atom is -0.455 e. The topological polar surface area (TPSA) is 51.8 Å². The van der Waals surface area contributed by atoms with Gasteiger partial charge in [-0.1, -0.05) is 176 Å². The van der Waals surface area contributed by atoms with Gasteiger partial charge in [0, 0.05) is 32.8 Å². The first-order valence-corrected chi connectivity index (χ1v) is 19.2. The van der Waals surface area contributed by atoms with Crippen molar-refractivity contribution >= 4 is 43.5 Å². The first-order chi connectivity index (χ1) is 28.2. The highest BCUT2D eigenvalue weighted by molar-refractivity contribution is 6.21. The second-order valence-electron chi connectivity index (χ2n) is 14.4. The smallest absolute Gasteiger partial charge is 0.164 e. The molecule has 4 heteroatoms. The van der Waals surface area contributed by atoms with Crippen molar-refractivity contribution in [3.63, 3.8) is 0 Å². The molecule has 266 valence electrons. The van der Waals surface area contributed by atoms with Gasteiger partial charge in [-0.15, -0.1) is 0 Å². The number of furan rings is 1. The molecule has 57 heavy (non-hydrogen) atoms. The fraction of sp³-hybridized carbons (Fsp3) is 0. The molecule has 0 atom stereocenters. The first kappa shape index (κ1) is 32.7. The van der Waals surface area contributed by atoms with Gasteiger partial charge in [-0.2, -0.15) is 0 Å². The Kier molecular flexibility index (Phi) is 7.78. The second-order valence-corrected chi connectivity index (χ2v) is 14.4. The number of nitrogens with zero attached hydrogens (tertiary/aromatic N) is 3. The zero-order chi connectivity index (χ0) is 37.7. The van der Waals surface area contributed by atoms with E-state index in [0.717, 1.165) is 71.7 Å². The molecule has 0 fully saturated rings. The molecular formula is C53H33N3O. The van der Waals surface area contributed by atoms with E-state index in [2.05, 4.69) is 170 Å². The molecule has 0 bridgehead atoms. The van der Waals surface area contributed by atoms with Crippen molar-refractivity contribution in [2.45, 2.75) is 0 Å². The lowest BCUT2D eigenvalue weighted by molar-refractivity contribution is 0.673. The summed E-state index contributed by atoms with van der Waals surface area (Å²) in [6.45, 7) is 0. The quantitative estimate of drug-likeness (QED) is 0.171. The standard InChI is InChI=1S/C53H33N3O/c1-3-12-37(13-4-1)46-33-44-17-9-10-18-45(44)50-49(46)47-32-43(29-30-48(47)57-50)36-21-26-40(27-22-36)53-55-51(38-14-5-2-6-15-38)54-52(56-53)39-24-19-35(20-25-39)42-28-23-34-11-7-8-16-41(34)31-42/h1-33H. The minimum absolute atomic E-state index is 0.625. The van der Waals surface area contributed by atoms with Gasteiger partial charge in [0.2, 0.25) is 0 Å². The van der Waals surface area contributed by atoms with Gasteiger partial charge in [-0.05, 0) is 73.8 Å². The van der Waals surface area contributed by atoms with Crippen molar-refractivity contribution in [2.24, 2.45) is 0 Å². The molecule has 0 unspecified atom stereocenters. The van der Waals surface area contributed by atoms with Crippen LogP contribution in [-0.2, 0) is 0 Å². The molecule has 0 N–H and O–H groups in total. The highest BCUT2D eigenvalue weighted by Crippen LogP contribution is 2.42. The zero-order valence-corrected chi connectivity index (χ0v) is 30.8. The van der Waals surface area contributed by atoms with Crippen LogP contribution in [0.2, 0.25) is 0 Å². The van der Waals surface area contributed by atoms with Gasteiger partial charge in [0.1, 0.15) is 11.2 Å². The molecule has 11 aromatic rings. The summed E-state index contributed by atoms with van der Waals surface area (Å²) in [5.74, 6) is 1.89. The van der Waals surface area contributed by atoms with Gasteiger partial charge in [-0.25, -0.2) is 15.0 Å². The third kappa shape index (κ3) is 5.92. The van der Waals surface area contributed by atoms with Crippen LogP contribution in [0.25, 0.3) is 111 Å². The minimum atomic E-state index is 0.625. The summed E-state index contributed by atoms with van der Waals surface area (Å²) in [7, 11) is 0. The Hall–Kier alpha value is -7.69. The fourth-order valence-corrected chi connectivity index (χ4v) is 7.98. The third-order valence-corrected chi connectivity index (χ3v) is 10.9. The summed E-state index contributed by atoms with van der Waals surface area (Å²) < 4.78 is 6.61. The second kappa shape index (κ2) is 13.6. The molecule has 0 saturated heterocycles. The van der Waals surface area contributed by atoms with Gasteiger partial charge < -0.3 is 4.42 Å². The van der Waals surface area contributed by atoms with E-state index in [1.807, 2.05) is 30.3 Å². The number of hydrogen-bond acceptors (Lipinski definition) is 4. The monoisotopic (exact) mass is 727 g/mol. The van der Waals surface area contributed by atoms with Crippen LogP contribution in [0, 0.1) is 0 Å². The summed E-state index contributed by atoms with van der Waals surface area (Å²) >= 11 is 0. The molecule has 4 nitrogen and oxygen atoms in total. The summed E-state index contributed by atoms with van der Waals surface area (Å²) in [5, 5.41) is 6.95. The van der Waals surface area contributed by atoms with Crippen LogP contribution in [0.3, 0.4) is 0 Å². The van der Waals surface area contributed by atoms with E-state index in [4.69, 9.17) is 19.4 Å². The van der Waals surface area contributed by atoms with E-state index in [9.17, 15) is 0 Å². The molecule has 0 aliphatic rings. The van der Waals surface area contributed by atoms with Crippen molar-refractivity contribution in [1.29, 1.82) is 0 Å². The summed E-state index contributed by atoms with van der Waals surface area (Å²) in [5.41, 5.74) is 11.4. The lowest BCUT2D eigenvalue weighted by Gasteiger charge is -2.10. The van der Waals surface area contributed by atoms with E-state index in [-0.39, 0.29) is 0 Å². The maximum Gasteiger partial charge on any atom is 0.164 e.